The molecule has 2 unspecified atom stereocenters. The highest BCUT2D eigenvalue weighted by molar-refractivity contribution is 6.04. The molecule has 0 heterocycles. The molecule has 0 bridgehead atoms. The first kappa shape index (κ1) is 38.7. The molecule has 0 aliphatic heterocycles. The van der Waals surface area contributed by atoms with E-state index in [-0.39, 0.29) is 5.92 Å². The number of allylic oxidation sites excluding steroid dienone is 7. The fourth-order valence-corrected chi connectivity index (χ4v) is 9.91. The lowest BCUT2D eigenvalue weighted by atomic mass is 9.65. The average Bonchev–Trinajstić information content (AvgIpc) is 3.64. The van der Waals surface area contributed by atoms with E-state index in [4.69, 9.17) is 4.74 Å². The zero-order chi connectivity index (χ0) is 42.0. The summed E-state index contributed by atoms with van der Waals surface area (Å²) in [5.41, 5.74) is 16.3. The summed E-state index contributed by atoms with van der Waals surface area (Å²) in [5, 5.41) is 2.48. The van der Waals surface area contributed by atoms with Crippen LogP contribution in [0.25, 0.3) is 44.2 Å². The number of hydrogen-bond acceptors (Lipinski definition) is 1. The van der Waals surface area contributed by atoms with Crippen LogP contribution in [0.3, 0.4) is 0 Å². The maximum absolute atomic E-state index is 6.15. The van der Waals surface area contributed by atoms with Crippen LogP contribution in [0.1, 0.15) is 59.1 Å². The number of rotatable bonds is 11. The molecule has 298 valence electrons. The monoisotopic (exact) mass is 796 g/mol. The molecule has 0 N–H and O–H groups in total. The molecule has 0 saturated heterocycles. The molecule has 0 amide bonds. The molecule has 8 aromatic rings. The standard InChI is InChI=1S/C61H48O/c1-4-42(3)56(5-2)61(51-20-11-7-12-21-51)57-40-36-47-19-15-16-24-54(47)60(57)55-39-35-50(41-58(55)61)59(48-29-25-44(26-30-48)43-17-9-6-10-18-43)49-31-27-45(28-32-49)46-33-37-53(38-34-46)62-52-22-13-8-14-23-52/h4-7,9-13,15-41,59H,1-2,8,14H2,3H3/b56-42+. The van der Waals surface area contributed by atoms with Crippen LogP contribution in [-0.4, -0.2) is 0 Å². The van der Waals surface area contributed by atoms with Crippen LogP contribution in [0.5, 0.6) is 5.75 Å². The second-order valence-corrected chi connectivity index (χ2v) is 16.4. The Kier molecular flexibility index (Phi) is 10.3. The van der Waals surface area contributed by atoms with E-state index < -0.39 is 5.41 Å². The quantitative estimate of drug-likeness (QED) is 0.0936. The fourth-order valence-electron chi connectivity index (χ4n) is 9.91. The predicted octanol–water partition coefficient (Wildman–Crippen LogP) is 16.0. The van der Waals surface area contributed by atoms with Crippen molar-refractivity contribution in [2.24, 2.45) is 0 Å². The van der Waals surface area contributed by atoms with Crippen LogP contribution < -0.4 is 4.74 Å². The summed E-state index contributed by atoms with van der Waals surface area (Å²) in [7, 11) is 0. The summed E-state index contributed by atoms with van der Waals surface area (Å²) >= 11 is 0. The van der Waals surface area contributed by atoms with Gasteiger partial charge in [0.05, 0.1) is 5.41 Å². The first-order valence-corrected chi connectivity index (χ1v) is 21.7. The Morgan fingerprint density at radius 3 is 1.79 bits per heavy atom. The second-order valence-electron chi connectivity index (χ2n) is 16.4. The smallest absolute Gasteiger partial charge is 0.127 e. The molecule has 0 aromatic heterocycles. The van der Waals surface area contributed by atoms with Gasteiger partial charge in [0.1, 0.15) is 11.5 Å². The minimum absolute atomic E-state index is 0.0441. The molecule has 2 atom stereocenters. The molecule has 2 aliphatic rings. The van der Waals surface area contributed by atoms with Crippen molar-refractivity contribution in [2.75, 3.05) is 0 Å². The minimum atomic E-state index is -0.628. The fraction of sp³-hybridized carbons (Fsp3) is 0.0820. The van der Waals surface area contributed by atoms with Crippen molar-refractivity contribution in [1.82, 2.24) is 0 Å². The summed E-state index contributed by atoms with van der Waals surface area (Å²) in [6, 6.07) is 69.0. The van der Waals surface area contributed by atoms with Crippen LogP contribution in [0.4, 0.5) is 0 Å². The second kappa shape index (κ2) is 16.5. The van der Waals surface area contributed by atoms with Gasteiger partial charge in [0.25, 0.3) is 0 Å². The van der Waals surface area contributed by atoms with E-state index in [2.05, 4.69) is 232 Å². The van der Waals surface area contributed by atoms with Gasteiger partial charge in [-0.25, -0.2) is 0 Å². The van der Waals surface area contributed by atoms with Crippen molar-refractivity contribution < 1.29 is 4.74 Å². The van der Waals surface area contributed by atoms with Gasteiger partial charge in [-0.1, -0.05) is 207 Å². The number of benzene rings is 8. The molecule has 1 nitrogen and oxygen atoms in total. The van der Waals surface area contributed by atoms with Crippen LogP contribution >= 0.6 is 0 Å². The molecule has 1 heteroatoms. The number of fused-ring (bicyclic) bond motifs is 5. The van der Waals surface area contributed by atoms with Crippen molar-refractivity contribution in [1.29, 1.82) is 0 Å². The van der Waals surface area contributed by atoms with Gasteiger partial charge in [0.15, 0.2) is 0 Å². The van der Waals surface area contributed by atoms with Crippen molar-refractivity contribution in [3.63, 3.8) is 0 Å². The van der Waals surface area contributed by atoms with E-state index in [1.807, 2.05) is 6.08 Å². The third kappa shape index (κ3) is 6.77. The molecule has 62 heavy (non-hydrogen) atoms. The van der Waals surface area contributed by atoms with Crippen molar-refractivity contribution >= 4 is 10.8 Å². The highest BCUT2D eigenvalue weighted by atomic mass is 16.5. The van der Waals surface area contributed by atoms with Gasteiger partial charge in [-0.3, -0.25) is 0 Å². The Morgan fingerprint density at radius 2 is 1.16 bits per heavy atom. The van der Waals surface area contributed by atoms with Gasteiger partial charge in [-0.05, 0) is 133 Å². The number of hydrogen-bond donors (Lipinski definition) is 0. The molecule has 0 fully saturated rings. The molecule has 8 aromatic carbocycles. The SMILES string of the molecule is C=C/C(C)=C(\C=C)C1(c2ccccc2)c2cc(C(c3ccc(-c4ccccc4)cc3)c3ccc(-c4ccc(OC5=CCCC=C5)cc4)cc3)ccc2-c2c1ccc1ccccc21. The molecule has 10 rings (SSSR count). The Bertz CT molecular complexity index is 3040. The molecule has 0 saturated carbocycles. The Hall–Kier alpha value is -7.48. The van der Waals surface area contributed by atoms with E-state index >= 15 is 0 Å². The van der Waals surface area contributed by atoms with E-state index in [1.54, 1.807) is 0 Å². The van der Waals surface area contributed by atoms with Gasteiger partial charge >= 0.3 is 0 Å². The summed E-state index contributed by atoms with van der Waals surface area (Å²) < 4.78 is 6.15. The largest absolute Gasteiger partial charge is 0.458 e. The molecule has 0 spiro atoms. The van der Waals surface area contributed by atoms with Gasteiger partial charge in [-0.2, -0.15) is 0 Å². The molecular formula is C61H48O. The lowest BCUT2D eigenvalue weighted by Gasteiger charge is -2.36. The maximum atomic E-state index is 6.15. The van der Waals surface area contributed by atoms with Crippen LogP contribution in [0.2, 0.25) is 0 Å². The summed E-state index contributed by atoms with van der Waals surface area (Å²) in [6.45, 7) is 10.9. The van der Waals surface area contributed by atoms with E-state index in [0.717, 1.165) is 46.6 Å². The summed E-state index contributed by atoms with van der Waals surface area (Å²) in [5.74, 6) is 1.71. The Balaban J connectivity index is 1.15. The topological polar surface area (TPSA) is 9.23 Å². The Morgan fingerprint density at radius 1 is 0.565 bits per heavy atom. The highest BCUT2D eigenvalue weighted by Crippen LogP contribution is 2.59. The minimum Gasteiger partial charge on any atom is -0.458 e. The van der Waals surface area contributed by atoms with E-state index in [0.29, 0.717) is 0 Å². The van der Waals surface area contributed by atoms with E-state index in [9.17, 15) is 0 Å². The highest BCUT2D eigenvalue weighted by Gasteiger charge is 2.48. The first-order valence-electron chi connectivity index (χ1n) is 21.7. The van der Waals surface area contributed by atoms with Crippen molar-refractivity contribution in [3.8, 4) is 39.1 Å². The lowest BCUT2D eigenvalue weighted by Crippen LogP contribution is -2.30. The molecular weight excluding hydrogens is 749 g/mol. The van der Waals surface area contributed by atoms with Crippen LogP contribution in [-0.2, 0) is 5.41 Å². The van der Waals surface area contributed by atoms with Gasteiger partial charge in [0.2, 0.25) is 0 Å². The third-order valence-electron chi connectivity index (χ3n) is 12.9. The first-order chi connectivity index (χ1) is 30.6. The van der Waals surface area contributed by atoms with Crippen molar-refractivity contribution in [2.45, 2.75) is 31.1 Å². The number of ether oxygens (including phenoxy) is 1. The zero-order valence-electron chi connectivity index (χ0n) is 35.1. The molecule has 0 radical (unpaired) electrons. The van der Waals surface area contributed by atoms with Gasteiger partial charge in [-0.15, -0.1) is 0 Å². The normalized spacial score (nSPS) is 16.1. The Labute approximate surface area is 366 Å². The van der Waals surface area contributed by atoms with Crippen molar-refractivity contribution in [3.05, 3.63) is 282 Å². The lowest BCUT2D eigenvalue weighted by molar-refractivity contribution is 0.439. The van der Waals surface area contributed by atoms with Crippen LogP contribution in [0, 0.1) is 0 Å². The summed E-state index contributed by atoms with van der Waals surface area (Å²) in [6.07, 6.45) is 12.5. The zero-order valence-corrected chi connectivity index (χ0v) is 35.1. The average molecular weight is 797 g/mol. The molecule has 2 aliphatic carbocycles. The predicted molar refractivity (Wildman–Crippen MR) is 261 cm³/mol. The van der Waals surface area contributed by atoms with Gasteiger partial charge < -0.3 is 4.74 Å². The third-order valence-corrected chi connectivity index (χ3v) is 12.9. The van der Waals surface area contributed by atoms with Gasteiger partial charge in [0, 0.05) is 5.92 Å². The van der Waals surface area contributed by atoms with Crippen LogP contribution in [0.15, 0.2) is 249 Å². The summed E-state index contributed by atoms with van der Waals surface area (Å²) in [4.78, 5) is 0. The maximum Gasteiger partial charge on any atom is 0.127 e. The van der Waals surface area contributed by atoms with E-state index in [1.165, 1.54) is 66.4 Å².